The zero-order valence-corrected chi connectivity index (χ0v) is 13.9. The molecule has 126 valence electrons. The number of benzene rings is 1. The second kappa shape index (κ2) is 6.99. The second-order valence-corrected chi connectivity index (χ2v) is 6.33. The van der Waals surface area contributed by atoms with Crippen LogP contribution in [0.1, 0.15) is 36.9 Å². The van der Waals surface area contributed by atoms with Crippen molar-refractivity contribution in [3.05, 3.63) is 35.4 Å². The zero-order valence-electron chi connectivity index (χ0n) is 13.9. The lowest BCUT2D eigenvalue weighted by Crippen LogP contribution is -2.49. The summed E-state index contributed by atoms with van der Waals surface area (Å²) in [5, 5.41) is 6.57. The molecule has 1 fully saturated rings. The van der Waals surface area contributed by atoms with Gasteiger partial charge in [-0.25, -0.2) is 0 Å². The summed E-state index contributed by atoms with van der Waals surface area (Å²) in [7, 11) is 1.75. The summed E-state index contributed by atoms with van der Waals surface area (Å²) in [5.41, 5.74) is 2.50. The van der Waals surface area contributed by atoms with Crippen LogP contribution in [-0.4, -0.2) is 45.4 Å². The van der Waals surface area contributed by atoms with Crippen molar-refractivity contribution in [3.63, 3.8) is 0 Å². The van der Waals surface area contributed by atoms with Crippen LogP contribution in [0.15, 0.2) is 24.3 Å². The number of amides is 1. The maximum absolute atomic E-state index is 12.2. The van der Waals surface area contributed by atoms with E-state index < -0.39 is 0 Å². The zero-order chi connectivity index (χ0) is 16.3. The lowest BCUT2D eigenvalue weighted by atomic mass is 9.72. The average molecular weight is 318 g/mol. The van der Waals surface area contributed by atoms with Crippen LogP contribution in [0.2, 0.25) is 0 Å². The van der Waals surface area contributed by atoms with E-state index >= 15 is 0 Å². The lowest BCUT2D eigenvalue weighted by molar-refractivity contribution is -0.127. The van der Waals surface area contributed by atoms with Crippen molar-refractivity contribution in [1.82, 2.24) is 10.6 Å². The molecular formula is C18H26N2O3. The molecule has 0 bridgehead atoms. The smallest absolute Gasteiger partial charge is 0.246 e. The Balaban J connectivity index is 1.91. The Bertz CT molecular complexity index is 555. The van der Waals surface area contributed by atoms with Crippen LogP contribution >= 0.6 is 0 Å². The molecule has 0 radical (unpaired) electrons. The van der Waals surface area contributed by atoms with Crippen LogP contribution in [0.3, 0.4) is 0 Å². The molecule has 3 rings (SSSR count). The van der Waals surface area contributed by atoms with Crippen LogP contribution in [0, 0.1) is 0 Å². The van der Waals surface area contributed by atoms with E-state index in [1.54, 1.807) is 7.11 Å². The summed E-state index contributed by atoms with van der Waals surface area (Å²) in [6.07, 6.45) is 2.02. The third-order valence-electron chi connectivity index (χ3n) is 5.18. The highest BCUT2D eigenvalue weighted by Crippen LogP contribution is 2.51. The molecule has 2 aliphatic rings. The minimum absolute atomic E-state index is 0.0137. The Kier molecular flexibility index (Phi) is 4.99. The topological polar surface area (TPSA) is 59.6 Å². The van der Waals surface area contributed by atoms with Gasteiger partial charge in [0.25, 0.3) is 0 Å². The Hall–Kier alpha value is -1.43. The molecule has 0 saturated carbocycles. The van der Waals surface area contributed by atoms with Crippen molar-refractivity contribution in [2.75, 3.05) is 33.4 Å². The Labute approximate surface area is 137 Å². The largest absolute Gasteiger partial charge is 0.378 e. The maximum atomic E-state index is 12.2. The van der Waals surface area contributed by atoms with E-state index in [9.17, 15) is 4.79 Å². The molecule has 1 aromatic carbocycles. The molecular weight excluding hydrogens is 292 g/mol. The Morgan fingerprint density at radius 1 is 1.35 bits per heavy atom. The SMILES string of the molecule is CCOCC(=O)NC1c2ccccc2C2(CCNCC2)C1OC. The predicted octanol–water partition coefficient (Wildman–Crippen LogP) is 1.53. The molecule has 2 unspecified atom stereocenters. The fourth-order valence-corrected chi connectivity index (χ4v) is 4.21. The third kappa shape index (κ3) is 2.89. The summed E-state index contributed by atoms with van der Waals surface area (Å²) >= 11 is 0. The van der Waals surface area contributed by atoms with Crippen LogP contribution in [0.5, 0.6) is 0 Å². The predicted molar refractivity (Wildman–Crippen MR) is 88.4 cm³/mol. The second-order valence-electron chi connectivity index (χ2n) is 6.33. The first-order valence-corrected chi connectivity index (χ1v) is 8.43. The van der Waals surface area contributed by atoms with Crippen LogP contribution in [0.25, 0.3) is 0 Å². The van der Waals surface area contributed by atoms with Crippen molar-refractivity contribution in [2.45, 2.75) is 37.3 Å². The number of nitrogens with one attached hydrogen (secondary N) is 2. The normalized spacial score (nSPS) is 25.3. The number of fused-ring (bicyclic) bond motifs is 2. The number of hydrogen-bond acceptors (Lipinski definition) is 4. The van der Waals surface area contributed by atoms with E-state index in [0.29, 0.717) is 6.61 Å². The van der Waals surface area contributed by atoms with Crippen molar-refractivity contribution in [2.24, 2.45) is 0 Å². The number of rotatable bonds is 5. The van der Waals surface area contributed by atoms with Gasteiger partial charge in [0.2, 0.25) is 5.91 Å². The standard InChI is InChI=1S/C18H26N2O3/c1-3-23-12-15(21)20-16-13-6-4-5-7-14(13)18(17(16)22-2)8-10-19-11-9-18/h4-7,16-17,19H,3,8-12H2,1-2H3,(H,20,21). The number of piperidine rings is 1. The van der Waals surface area contributed by atoms with Crippen molar-refractivity contribution in [3.8, 4) is 0 Å². The molecule has 23 heavy (non-hydrogen) atoms. The van der Waals surface area contributed by atoms with Gasteiger partial charge in [0.15, 0.2) is 0 Å². The summed E-state index contributed by atoms with van der Waals surface area (Å²) in [5.74, 6) is -0.0836. The molecule has 1 spiro atoms. The monoisotopic (exact) mass is 318 g/mol. The van der Waals surface area contributed by atoms with E-state index in [2.05, 4.69) is 28.8 Å². The van der Waals surface area contributed by atoms with Gasteiger partial charge in [-0.05, 0) is 44.0 Å². The van der Waals surface area contributed by atoms with Crippen molar-refractivity contribution in [1.29, 1.82) is 0 Å². The maximum Gasteiger partial charge on any atom is 0.246 e. The third-order valence-corrected chi connectivity index (χ3v) is 5.18. The molecule has 2 atom stereocenters. The Morgan fingerprint density at radius 2 is 2.09 bits per heavy atom. The first-order valence-electron chi connectivity index (χ1n) is 8.43. The van der Waals surface area contributed by atoms with E-state index in [-0.39, 0.29) is 30.1 Å². The summed E-state index contributed by atoms with van der Waals surface area (Å²) in [6.45, 7) is 4.49. The first-order chi connectivity index (χ1) is 11.2. The van der Waals surface area contributed by atoms with Gasteiger partial charge in [-0.3, -0.25) is 4.79 Å². The highest BCUT2D eigenvalue weighted by molar-refractivity contribution is 5.78. The number of methoxy groups -OCH3 is 1. The van der Waals surface area contributed by atoms with Crippen molar-refractivity contribution < 1.29 is 14.3 Å². The highest BCUT2D eigenvalue weighted by atomic mass is 16.5. The van der Waals surface area contributed by atoms with E-state index in [0.717, 1.165) is 25.9 Å². The molecule has 1 aliphatic carbocycles. The van der Waals surface area contributed by atoms with Crippen LogP contribution < -0.4 is 10.6 Å². The molecule has 1 heterocycles. The molecule has 1 amide bonds. The van der Waals surface area contributed by atoms with E-state index in [1.807, 2.05) is 13.0 Å². The van der Waals surface area contributed by atoms with Crippen molar-refractivity contribution >= 4 is 5.91 Å². The van der Waals surface area contributed by atoms with Gasteiger partial charge in [0.1, 0.15) is 6.61 Å². The fourth-order valence-electron chi connectivity index (χ4n) is 4.21. The highest BCUT2D eigenvalue weighted by Gasteiger charge is 2.53. The Morgan fingerprint density at radius 3 is 2.78 bits per heavy atom. The molecule has 1 aromatic rings. The fraction of sp³-hybridized carbons (Fsp3) is 0.611. The van der Waals surface area contributed by atoms with Gasteiger partial charge in [0.05, 0.1) is 12.1 Å². The average Bonchev–Trinajstić information content (AvgIpc) is 2.83. The number of carbonyl (C=O) groups excluding carboxylic acids is 1. The quantitative estimate of drug-likeness (QED) is 0.864. The van der Waals surface area contributed by atoms with Gasteiger partial charge in [-0.15, -0.1) is 0 Å². The molecule has 2 N–H and O–H groups in total. The van der Waals surface area contributed by atoms with Crippen LogP contribution in [-0.2, 0) is 19.7 Å². The molecule has 5 nitrogen and oxygen atoms in total. The van der Waals surface area contributed by atoms with E-state index in [1.165, 1.54) is 11.1 Å². The summed E-state index contributed by atoms with van der Waals surface area (Å²) in [4.78, 5) is 12.2. The van der Waals surface area contributed by atoms with Gasteiger partial charge in [-0.2, -0.15) is 0 Å². The minimum atomic E-state index is -0.109. The van der Waals surface area contributed by atoms with Crippen LogP contribution in [0.4, 0.5) is 0 Å². The molecule has 0 aromatic heterocycles. The van der Waals surface area contributed by atoms with Gasteiger partial charge < -0.3 is 20.1 Å². The minimum Gasteiger partial charge on any atom is -0.378 e. The van der Waals surface area contributed by atoms with Gasteiger partial charge in [0, 0.05) is 19.1 Å². The summed E-state index contributed by atoms with van der Waals surface area (Å²) in [6, 6.07) is 8.32. The summed E-state index contributed by atoms with van der Waals surface area (Å²) < 4.78 is 11.2. The number of ether oxygens (including phenoxy) is 2. The molecule has 1 aliphatic heterocycles. The first kappa shape index (κ1) is 16.4. The number of carbonyl (C=O) groups is 1. The molecule has 5 heteroatoms. The number of hydrogen-bond donors (Lipinski definition) is 2. The lowest BCUT2D eigenvalue weighted by Gasteiger charge is -2.40. The molecule has 1 saturated heterocycles. The van der Waals surface area contributed by atoms with E-state index in [4.69, 9.17) is 9.47 Å². The van der Waals surface area contributed by atoms with Gasteiger partial charge in [-0.1, -0.05) is 24.3 Å². The van der Waals surface area contributed by atoms with Gasteiger partial charge >= 0.3 is 0 Å².